The molecule has 0 aliphatic carbocycles. The number of ether oxygens (including phenoxy) is 2. The zero-order valence-electron chi connectivity index (χ0n) is 18.1. The monoisotopic (exact) mass is 453 g/mol. The van der Waals surface area contributed by atoms with Crippen LogP contribution in [-0.2, 0) is 6.42 Å². The van der Waals surface area contributed by atoms with Crippen LogP contribution >= 0.6 is 23.4 Å². The summed E-state index contributed by atoms with van der Waals surface area (Å²) in [6.07, 6.45) is 5.79. The predicted molar refractivity (Wildman–Crippen MR) is 131 cm³/mol. The third-order valence-electron chi connectivity index (χ3n) is 5.63. The minimum atomic E-state index is 0.784. The lowest BCUT2D eigenvalue weighted by molar-refractivity contribution is 0.354. The standard InChI is InChI=1S/C26H28ClNO2S/c1-29-23-14-12-19(17-24(23)30-2)9-5-3-4-8-16-28-21-10-6-7-11-25(21)31-26-15-13-20(27)18-22(26)28/h6-7,10-15,17-18H,3-5,8-9,16H2,1-2H3. The van der Waals surface area contributed by atoms with Gasteiger partial charge in [-0.05, 0) is 67.3 Å². The summed E-state index contributed by atoms with van der Waals surface area (Å²) in [5.74, 6) is 1.59. The van der Waals surface area contributed by atoms with Crippen LogP contribution in [0.5, 0.6) is 11.5 Å². The van der Waals surface area contributed by atoms with Crippen LogP contribution in [0.4, 0.5) is 11.4 Å². The molecule has 0 saturated carbocycles. The van der Waals surface area contributed by atoms with E-state index < -0.39 is 0 Å². The Morgan fingerprint density at radius 1 is 0.774 bits per heavy atom. The second-order valence-electron chi connectivity index (χ2n) is 7.69. The van der Waals surface area contributed by atoms with Crippen LogP contribution in [0.2, 0.25) is 5.02 Å². The first-order valence-electron chi connectivity index (χ1n) is 10.7. The lowest BCUT2D eigenvalue weighted by atomic mass is 10.1. The summed E-state index contributed by atoms with van der Waals surface area (Å²) < 4.78 is 10.7. The average molecular weight is 454 g/mol. The molecule has 1 aliphatic rings. The second-order valence-corrected chi connectivity index (χ2v) is 9.21. The molecule has 5 heteroatoms. The first kappa shape index (κ1) is 21.9. The summed E-state index contributed by atoms with van der Waals surface area (Å²) >= 11 is 8.14. The van der Waals surface area contributed by atoms with Crippen LogP contribution in [0.3, 0.4) is 0 Å². The molecule has 1 aliphatic heterocycles. The van der Waals surface area contributed by atoms with Gasteiger partial charge < -0.3 is 14.4 Å². The zero-order chi connectivity index (χ0) is 21.6. The zero-order valence-corrected chi connectivity index (χ0v) is 19.6. The average Bonchev–Trinajstić information content (AvgIpc) is 2.80. The summed E-state index contributed by atoms with van der Waals surface area (Å²) in [5, 5.41) is 0.790. The highest BCUT2D eigenvalue weighted by Gasteiger charge is 2.22. The minimum Gasteiger partial charge on any atom is -0.493 e. The van der Waals surface area contributed by atoms with Crippen molar-refractivity contribution in [1.82, 2.24) is 0 Å². The van der Waals surface area contributed by atoms with E-state index in [1.807, 2.05) is 23.9 Å². The van der Waals surface area contributed by atoms with E-state index in [-0.39, 0.29) is 0 Å². The summed E-state index contributed by atoms with van der Waals surface area (Å²) in [5.41, 5.74) is 3.80. The fourth-order valence-corrected chi connectivity index (χ4v) is 5.27. The molecule has 0 fully saturated rings. The highest BCUT2D eigenvalue weighted by molar-refractivity contribution is 7.99. The van der Waals surface area contributed by atoms with E-state index in [1.54, 1.807) is 14.2 Å². The van der Waals surface area contributed by atoms with E-state index in [9.17, 15) is 0 Å². The second kappa shape index (κ2) is 10.3. The number of aryl methyl sites for hydroxylation is 1. The van der Waals surface area contributed by atoms with Crippen molar-refractivity contribution in [2.45, 2.75) is 41.9 Å². The van der Waals surface area contributed by atoms with Gasteiger partial charge in [0.05, 0.1) is 25.6 Å². The minimum absolute atomic E-state index is 0.784. The maximum Gasteiger partial charge on any atom is 0.160 e. The van der Waals surface area contributed by atoms with Gasteiger partial charge in [0, 0.05) is 21.4 Å². The number of para-hydroxylation sites is 1. The van der Waals surface area contributed by atoms with Gasteiger partial charge in [0.1, 0.15) is 0 Å². The van der Waals surface area contributed by atoms with Gasteiger partial charge in [-0.25, -0.2) is 0 Å². The number of rotatable bonds is 9. The quantitative estimate of drug-likeness (QED) is 0.308. The SMILES string of the molecule is COc1ccc(CCCCCCN2c3ccccc3Sc3ccc(Cl)cc32)cc1OC. The number of fused-ring (bicyclic) bond motifs is 2. The van der Waals surface area contributed by atoms with Gasteiger partial charge in [0.25, 0.3) is 0 Å². The van der Waals surface area contributed by atoms with Crippen LogP contribution in [0, 0.1) is 0 Å². The van der Waals surface area contributed by atoms with Crippen LogP contribution in [0.1, 0.15) is 31.2 Å². The Hall–Kier alpha value is -2.30. The normalized spacial score (nSPS) is 12.3. The molecule has 0 unspecified atom stereocenters. The molecule has 3 aromatic carbocycles. The molecule has 0 amide bonds. The van der Waals surface area contributed by atoms with E-state index in [2.05, 4.69) is 53.4 Å². The summed E-state index contributed by atoms with van der Waals surface area (Å²) in [6.45, 7) is 1.00. The van der Waals surface area contributed by atoms with Crippen molar-refractivity contribution in [2.24, 2.45) is 0 Å². The smallest absolute Gasteiger partial charge is 0.160 e. The molecule has 162 valence electrons. The third kappa shape index (κ3) is 5.13. The number of hydrogen-bond donors (Lipinski definition) is 0. The molecule has 0 radical (unpaired) electrons. The summed E-state index contributed by atoms with van der Waals surface area (Å²) in [4.78, 5) is 5.02. The Bertz CT molecular complexity index is 1040. The third-order valence-corrected chi connectivity index (χ3v) is 7.00. The maximum absolute atomic E-state index is 6.32. The van der Waals surface area contributed by atoms with E-state index in [0.717, 1.165) is 35.9 Å². The molecule has 0 aromatic heterocycles. The number of anilines is 2. The Morgan fingerprint density at radius 3 is 2.39 bits per heavy atom. The van der Waals surface area contributed by atoms with Gasteiger partial charge in [-0.3, -0.25) is 0 Å². The fourth-order valence-electron chi connectivity index (χ4n) is 4.03. The van der Waals surface area contributed by atoms with Crippen LogP contribution < -0.4 is 14.4 Å². The van der Waals surface area contributed by atoms with Gasteiger partial charge >= 0.3 is 0 Å². The Labute approximate surface area is 194 Å². The van der Waals surface area contributed by atoms with Gasteiger partial charge in [-0.15, -0.1) is 0 Å². The molecule has 3 aromatic rings. The topological polar surface area (TPSA) is 21.7 Å². The van der Waals surface area contributed by atoms with Crippen LogP contribution in [0.25, 0.3) is 0 Å². The van der Waals surface area contributed by atoms with E-state index in [0.29, 0.717) is 0 Å². The predicted octanol–water partition coefficient (Wildman–Crippen LogP) is 7.76. The number of hydrogen-bond acceptors (Lipinski definition) is 4. The molecule has 0 atom stereocenters. The van der Waals surface area contributed by atoms with Gasteiger partial charge in [-0.1, -0.05) is 54.4 Å². The van der Waals surface area contributed by atoms with Crippen LogP contribution in [0.15, 0.2) is 70.5 Å². The molecule has 0 spiro atoms. The summed E-state index contributed by atoms with van der Waals surface area (Å²) in [7, 11) is 3.35. The number of halogens is 1. The van der Waals surface area contributed by atoms with Crippen molar-refractivity contribution in [3.05, 3.63) is 71.2 Å². The Morgan fingerprint density at radius 2 is 1.55 bits per heavy atom. The van der Waals surface area contributed by atoms with Crippen molar-refractivity contribution < 1.29 is 9.47 Å². The molecule has 1 heterocycles. The molecule has 0 saturated heterocycles. The lowest BCUT2D eigenvalue weighted by Gasteiger charge is -2.33. The highest BCUT2D eigenvalue weighted by Crippen LogP contribution is 2.48. The van der Waals surface area contributed by atoms with Crippen molar-refractivity contribution in [2.75, 3.05) is 25.7 Å². The van der Waals surface area contributed by atoms with Gasteiger partial charge in [0.2, 0.25) is 0 Å². The van der Waals surface area contributed by atoms with Crippen molar-refractivity contribution in [3.8, 4) is 11.5 Å². The van der Waals surface area contributed by atoms with Crippen molar-refractivity contribution >= 4 is 34.7 Å². The number of nitrogens with zero attached hydrogens (tertiary/aromatic N) is 1. The van der Waals surface area contributed by atoms with Crippen LogP contribution in [-0.4, -0.2) is 20.8 Å². The molecule has 4 rings (SSSR count). The molecule has 31 heavy (non-hydrogen) atoms. The fraction of sp³-hybridized carbons (Fsp3) is 0.308. The van der Waals surface area contributed by atoms with Gasteiger partial charge in [0.15, 0.2) is 11.5 Å². The van der Waals surface area contributed by atoms with E-state index >= 15 is 0 Å². The molecule has 0 bridgehead atoms. The summed E-state index contributed by atoms with van der Waals surface area (Å²) in [6, 6.07) is 21.1. The largest absolute Gasteiger partial charge is 0.493 e. The maximum atomic E-state index is 6.32. The van der Waals surface area contributed by atoms with Gasteiger partial charge in [-0.2, -0.15) is 0 Å². The van der Waals surface area contributed by atoms with E-state index in [1.165, 1.54) is 46.0 Å². The Kier molecular flexibility index (Phi) is 7.31. The van der Waals surface area contributed by atoms with Crippen molar-refractivity contribution in [1.29, 1.82) is 0 Å². The first-order chi connectivity index (χ1) is 15.2. The van der Waals surface area contributed by atoms with E-state index in [4.69, 9.17) is 21.1 Å². The molecule has 3 nitrogen and oxygen atoms in total. The van der Waals surface area contributed by atoms with Crippen molar-refractivity contribution in [3.63, 3.8) is 0 Å². The Balaban J connectivity index is 1.32. The lowest BCUT2D eigenvalue weighted by Crippen LogP contribution is -2.21. The first-order valence-corrected chi connectivity index (χ1v) is 11.9. The number of unbranched alkanes of at least 4 members (excludes halogenated alkanes) is 3. The highest BCUT2D eigenvalue weighted by atomic mass is 35.5. The number of methoxy groups -OCH3 is 2. The molecular weight excluding hydrogens is 426 g/mol. The molecule has 0 N–H and O–H groups in total. The number of benzene rings is 3. The molecular formula is C26H28ClNO2S.